The average molecular weight is 280 g/mol. The second-order valence-corrected chi connectivity index (χ2v) is 5.24. The molecule has 108 valence electrons. The van der Waals surface area contributed by atoms with Gasteiger partial charge >= 0.3 is 0 Å². The summed E-state index contributed by atoms with van der Waals surface area (Å²) < 4.78 is 0. The Bertz CT molecular complexity index is 652. The summed E-state index contributed by atoms with van der Waals surface area (Å²) >= 11 is 0. The average Bonchev–Trinajstić information content (AvgIpc) is 2.44. The van der Waals surface area contributed by atoms with E-state index in [2.05, 4.69) is 6.07 Å². The fraction of sp³-hybridized carbons (Fsp3) is 0.167. The number of amides is 1. The van der Waals surface area contributed by atoms with Gasteiger partial charge in [-0.25, -0.2) is 0 Å². The molecular weight excluding hydrogens is 260 g/mol. The first-order valence-corrected chi connectivity index (χ1v) is 6.85. The zero-order valence-electron chi connectivity index (χ0n) is 12.6. The lowest BCUT2D eigenvalue weighted by molar-refractivity contribution is -0.113. The fourth-order valence-electron chi connectivity index (χ4n) is 2.16. The highest BCUT2D eigenvalue weighted by atomic mass is 16.2. The topological polar surface area (TPSA) is 46.3 Å². The van der Waals surface area contributed by atoms with E-state index in [4.69, 9.17) is 5.73 Å². The maximum atomic E-state index is 12.2. The predicted octanol–water partition coefficient (Wildman–Crippen LogP) is 3.56. The second kappa shape index (κ2) is 6.27. The van der Waals surface area contributed by atoms with Crippen LogP contribution in [0.2, 0.25) is 0 Å². The van der Waals surface area contributed by atoms with Crippen LogP contribution in [-0.4, -0.2) is 13.0 Å². The van der Waals surface area contributed by atoms with E-state index in [0.29, 0.717) is 5.69 Å². The van der Waals surface area contributed by atoms with Crippen LogP contribution in [0.15, 0.2) is 48.5 Å². The van der Waals surface area contributed by atoms with Crippen molar-refractivity contribution >= 4 is 23.4 Å². The summed E-state index contributed by atoms with van der Waals surface area (Å²) in [6, 6.07) is 13.5. The first-order valence-electron chi connectivity index (χ1n) is 6.85. The van der Waals surface area contributed by atoms with E-state index in [1.165, 1.54) is 0 Å². The van der Waals surface area contributed by atoms with Gasteiger partial charge in [0.25, 0.3) is 5.91 Å². The summed E-state index contributed by atoms with van der Waals surface area (Å²) in [6.45, 7) is 4.05. The van der Waals surface area contributed by atoms with Gasteiger partial charge in [0.05, 0.1) is 0 Å². The number of hydrogen-bond donors (Lipinski definition) is 1. The summed E-state index contributed by atoms with van der Waals surface area (Å²) in [5.74, 6) is -0.0585. The van der Waals surface area contributed by atoms with Gasteiger partial charge in [-0.2, -0.15) is 0 Å². The number of carbonyl (C=O) groups excluding carboxylic acids is 1. The number of hydrogen-bond acceptors (Lipinski definition) is 2. The lowest BCUT2D eigenvalue weighted by Gasteiger charge is -2.16. The maximum Gasteiger partial charge on any atom is 0.250 e. The molecule has 2 aromatic carbocycles. The van der Waals surface area contributed by atoms with Gasteiger partial charge in [0, 0.05) is 24.5 Å². The first kappa shape index (κ1) is 14.9. The highest BCUT2D eigenvalue weighted by molar-refractivity contribution is 6.03. The molecule has 0 unspecified atom stereocenters. The number of carbonyl (C=O) groups is 1. The highest BCUT2D eigenvalue weighted by Crippen LogP contribution is 2.18. The van der Waals surface area contributed by atoms with Crippen molar-refractivity contribution in [3.8, 4) is 0 Å². The Morgan fingerprint density at radius 3 is 2.19 bits per heavy atom. The van der Waals surface area contributed by atoms with Crippen LogP contribution in [-0.2, 0) is 4.79 Å². The molecule has 0 spiro atoms. The van der Waals surface area contributed by atoms with E-state index in [9.17, 15) is 4.79 Å². The molecule has 0 aliphatic carbocycles. The molecule has 3 nitrogen and oxygen atoms in total. The summed E-state index contributed by atoms with van der Waals surface area (Å²) in [6.07, 6.45) is 3.37. The molecule has 0 aliphatic rings. The standard InChI is InChI=1S/C18H20N2O/c1-13-10-14(2)12-17(11-13)20(3)18(21)9-6-15-4-7-16(19)8-5-15/h4-12H,19H2,1-3H3/b9-6+. The van der Waals surface area contributed by atoms with Crippen LogP contribution in [0.1, 0.15) is 16.7 Å². The molecule has 0 bridgehead atoms. The van der Waals surface area contributed by atoms with E-state index in [1.54, 1.807) is 24.1 Å². The number of rotatable bonds is 3. The smallest absolute Gasteiger partial charge is 0.250 e. The Hall–Kier alpha value is -2.55. The monoisotopic (exact) mass is 280 g/mol. The molecule has 0 fully saturated rings. The van der Waals surface area contributed by atoms with Crippen LogP contribution in [0.5, 0.6) is 0 Å². The van der Waals surface area contributed by atoms with Crippen molar-refractivity contribution in [2.45, 2.75) is 13.8 Å². The van der Waals surface area contributed by atoms with Crippen LogP contribution in [0.25, 0.3) is 6.08 Å². The number of nitrogen functional groups attached to an aromatic ring is 1. The molecule has 2 N–H and O–H groups in total. The Balaban J connectivity index is 2.13. The molecule has 2 aromatic rings. The zero-order chi connectivity index (χ0) is 15.4. The number of likely N-dealkylation sites (N-methyl/N-ethyl adjacent to an activating group) is 1. The third-order valence-corrected chi connectivity index (χ3v) is 3.28. The third kappa shape index (κ3) is 3.96. The minimum atomic E-state index is -0.0585. The molecule has 0 heterocycles. The minimum Gasteiger partial charge on any atom is -0.399 e. The lowest BCUT2D eigenvalue weighted by Crippen LogP contribution is -2.24. The van der Waals surface area contributed by atoms with Crippen LogP contribution in [0.3, 0.4) is 0 Å². The summed E-state index contributed by atoms with van der Waals surface area (Å²) in [5.41, 5.74) is 10.5. The quantitative estimate of drug-likeness (QED) is 0.690. The number of aryl methyl sites for hydroxylation is 2. The zero-order valence-corrected chi connectivity index (χ0v) is 12.6. The lowest BCUT2D eigenvalue weighted by atomic mass is 10.1. The van der Waals surface area contributed by atoms with Crippen molar-refractivity contribution in [1.29, 1.82) is 0 Å². The number of benzene rings is 2. The van der Waals surface area contributed by atoms with Gasteiger partial charge < -0.3 is 10.6 Å². The molecule has 1 amide bonds. The van der Waals surface area contributed by atoms with E-state index in [1.807, 2.05) is 50.2 Å². The van der Waals surface area contributed by atoms with Gasteiger partial charge in [0.1, 0.15) is 0 Å². The molecular formula is C18H20N2O. The van der Waals surface area contributed by atoms with E-state index < -0.39 is 0 Å². The Morgan fingerprint density at radius 2 is 1.62 bits per heavy atom. The van der Waals surface area contributed by atoms with Crippen LogP contribution >= 0.6 is 0 Å². The number of nitrogens with two attached hydrogens (primary N) is 1. The van der Waals surface area contributed by atoms with E-state index >= 15 is 0 Å². The summed E-state index contributed by atoms with van der Waals surface area (Å²) in [5, 5.41) is 0. The van der Waals surface area contributed by atoms with Crippen LogP contribution in [0, 0.1) is 13.8 Å². The third-order valence-electron chi connectivity index (χ3n) is 3.28. The normalized spacial score (nSPS) is 10.8. The largest absolute Gasteiger partial charge is 0.399 e. The van der Waals surface area contributed by atoms with Crippen molar-refractivity contribution in [2.24, 2.45) is 0 Å². The Kier molecular flexibility index (Phi) is 4.43. The van der Waals surface area contributed by atoms with Crippen molar-refractivity contribution in [3.05, 3.63) is 65.2 Å². The predicted molar refractivity (Wildman–Crippen MR) is 89.2 cm³/mol. The van der Waals surface area contributed by atoms with Crippen molar-refractivity contribution in [1.82, 2.24) is 0 Å². The molecule has 2 rings (SSSR count). The molecule has 0 aliphatic heterocycles. The van der Waals surface area contributed by atoms with Gasteiger partial charge in [0.15, 0.2) is 0 Å². The van der Waals surface area contributed by atoms with Crippen LogP contribution in [0.4, 0.5) is 11.4 Å². The van der Waals surface area contributed by atoms with Gasteiger partial charge in [-0.05, 0) is 60.9 Å². The number of anilines is 2. The van der Waals surface area contributed by atoms with Gasteiger partial charge in [-0.15, -0.1) is 0 Å². The summed E-state index contributed by atoms with van der Waals surface area (Å²) in [7, 11) is 1.78. The first-order chi connectivity index (χ1) is 9.95. The van der Waals surface area contributed by atoms with E-state index in [-0.39, 0.29) is 5.91 Å². The van der Waals surface area contributed by atoms with Gasteiger partial charge in [0.2, 0.25) is 0 Å². The molecule has 0 radical (unpaired) electrons. The second-order valence-electron chi connectivity index (χ2n) is 5.24. The van der Waals surface area contributed by atoms with Crippen LogP contribution < -0.4 is 10.6 Å². The highest BCUT2D eigenvalue weighted by Gasteiger charge is 2.08. The van der Waals surface area contributed by atoms with Crippen molar-refractivity contribution in [3.63, 3.8) is 0 Å². The molecule has 3 heteroatoms. The molecule has 21 heavy (non-hydrogen) atoms. The summed E-state index contributed by atoms with van der Waals surface area (Å²) in [4.78, 5) is 13.9. The SMILES string of the molecule is Cc1cc(C)cc(N(C)C(=O)/C=C/c2ccc(N)cc2)c1. The Morgan fingerprint density at radius 1 is 1.05 bits per heavy atom. The van der Waals surface area contributed by atoms with E-state index in [0.717, 1.165) is 22.4 Å². The molecule has 0 saturated heterocycles. The number of nitrogens with zero attached hydrogens (tertiary/aromatic N) is 1. The minimum absolute atomic E-state index is 0.0585. The molecule has 0 aromatic heterocycles. The van der Waals surface area contributed by atoms with Crippen molar-refractivity contribution in [2.75, 3.05) is 17.7 Å². The van der Waals surface area contributed by atoms with Crippen molar-refractivity contribution < 1.29 is 4.79 Å². The molecule has 0 atom stereocenters. The van der Waals surface area contributed by atoms with Gasteiger partial charge in [-0.1, -0.05) is 18.2 Å². The molecule has 0 saturated carbocycles. The maximum absolute atomic E-state index is 12.2. The Labute approximate surface area is 125 Å². The fourth-order valence-corrected chi connectivity index (χ4v) is 2.16. The van der Waals surface area contributed by atoms with Gasteiger partial charge in [-0.3, -0.25) is 4.79 Å².